The summed E-state index contributed by atoms with van der Waals surface area (Å²) in [5.41, 5.74) is 3.43. The predicted octanol–water partition coefficient (Wildman–Crippen LogP) is 2.74. The second-order valence-corrected chi connectivity index (χ2v) is 11.7. The van der Waals surface area contributed by atoms with E-state index in [4.69, 9.17) is 9.47 Å². The Morgan fingerprint density at radius 3 is 2.50 bits per heavy atom. The molecule has 1 saturated heterocycles. The maximum Gasteiger partial charge on any atom is 0.325 e. The molecule has 0 spiro atoms. The summed E-state index contributed by atoms with van der Waals surface area (Å²) in [4.78, 5) is 25.7. The third-order valence-electron chi connectivity index (χ3n) is 6.76. The molecule has 2 heterocycles. The molecule has 9 heteroatoms. The number of aromatic nitrogens is 1. The van der Waals surface area contributed by atoms with Gasteiger partial charge in [-0.25, -0.2) is 8.42 Å². The van der Waals surface area contributed by atoms with Gasteiger partial charge in [-0.2, -0.15) is 4.31 Å². The quantitative estimate of drug-likeness (QED) is 0.581. The number of morpholine rings is 1. The lowest BCUT2D eigenvalue weighted by Crippen LogP contribution is -2.40. The molecule has 34 heavy (non-hydrogen) atoms. The second-order valence-electron chi connectivity index (χ2n) is 9.79. The Morgan fingerprint density at radius 1 is 1.15 bits per heavy atom. The molecular weight excluding hydrogens is 456 g/mol. The van der Waals surface area contributed by atoms with Crippen LogP contribution in [0.15, 0.2) is 29.2 Å². The van der Waals surface area contributed by atoms with Gasteiger partial charge in [0.2, 0.25) is 10.0 Å². The van der Waals surface area contributed by atoms with Crippen molar-refractivity contribution in [2.24, 2.45) is 5.41 Å². The molecule has 1 aliphatic carbocycles. The number of hydrogen-bond acceptors (Lipinski definition) is 6. The SMILES string of the molecule is COC(=O)Cn1c(C)c(Cc2ccccc2S(=O)(=O)N2CCOCC2)c2c1CC(C)(C)CC2=O. The number of fused-ring (bicyclic) bond motifs is 1. The number of sulfonamides is 1. The van der Waals surface area contributed by atoms with Crippen LogP contribution in [0.3, 0.4) is 0 Å². The number of carbonyl (C=O) groups is 2. The Balaban J connectivity index is 1.81. The zero-order valence-corrected chi connectivity index (χ0v) is 21.0. The van der Waals surface area contributed by atoms with Gasteiger partial charge in [0.05, 0.1) is 25.2 Å². The van der Waals surface area contributed by atoms with Crippen molar-refractivity contribution in [3.8, 4) is 0 Å². The van der Waals surface area contributed by atoms with E-state index in [1.165, 1.54) is 11.4 Å². The molecule has 0 unspecified atom stereocenters. The first-order chi connectivity index (χ1) is 16.0. The Bertz CT molecular complexity index is 1220. The number of Topliss-reactive ketones (excluding diaryl/α,β-unsaturated/α-hetero) is 1. The molecule has 0 bridgehead atoms. The van der Waals surface area contributed by atoms with Crippen molar-refractivity contribution in [2.75, 3.05) is 33.4 Å². The van der Waals surface area contributed by atoms with E-state index in [1.807, 2.05) is 31.4 Å². The van der Waals surface area contributed by atoms with Crippen LogP contribution in [0.4, 0.5) is 0 Å². The summed E-state index contributed by atoms with van der Waals surface area (Å²) in [5, 5.41) is 0. The average Bonchev–Trinajstić information content (AvgIpc) is 3.04. The van der Waals surface area contributed by atoms with Crippen molar-refractivity contribution in [2.45, 2.75) is 51.5 Å². The van der Waals surface area contributed by atoms with E-state index < -0.39 is 16.0 Å². The smallest absolute Gasteiger partial charge is 0.325 e. The Hall–Kier alpha value is -2.49. The first-order valence-electron chi connectivity index (χ1n) is 11.5. The number of esters is 1. The highest BCUT2D eigenvalue weighted by Crippen LogP contribution is 2.40. The minimum atomic E-state index is -3.71. The van der Waals surface area contributed by atoms with E-state index in [0.717, 1.165) is 17.0 Å². The Kier molecular flexibility index (Phi) is 6.72. The molecule has 4 rings (SSSR count). The van der Waals surface area contributed by atoms with E-state index in [-0.39, 0.29) is 29.1 Å². The highest BCUT2D eigenvalue weighted by molar-refractivity contribution is 7.89. The molecule has 0 N–H and O–H groups in total. The predicted molar refractivity (Wildman–Crippen MR) is 126 cm³/mol. The van der Waals surface area contributed by atoms with E-state index in [2.05, 4.69) is 0 Å². The summed E-state index contributed by atoms with van der Waals surface area (Å²) < 4.78 is 40.4. The minimum absolute atomic E-state index is 0.0156. The van der Waals surface area contributed by atoms with Gasteiger partial charge in [0.1, 0.15) is 6.54 Å². The van der Waals surface area contributed by atoms with Crippen LogP contribution in [0.1, 0.15) is 53.1 Å². The molecule has 0 saturated carbocycles. The number of carbonyl (C=O) groups excluding carboxylic acids is 2. The van der Waals surface area contributed by atoms with Gasteiger partial charge >= 0.3 is 5.97 Å². The summed E-state index contributed by atoms with van der Waals surface area (Å²) in [7, 11) is -2.36. The fourth-order valence-corrected chi connectivity index (χ4v) is 6.68. The van der Waals surface area contributed by atoms with Crippen LogP contribution in [0.25, 0.3) is 0 Å². The van der Waals surface area contributed by atoms with E-state index in [1.54, 1.807) is 18.2 Å². The monoisotopic (exact) mass is 488 g/mol. The van der Waals surface area contributed by atoms with Crippen molar-refractivity contribution < 1.29 is 27.5 Å². The van der Waals surface area contributed by atoms with Crippen molar-refractivity contribution >= 4 is 21.8 Å². The first kappa shape index (κ1) is 24.6. The van der Waals surface area contributed by atoms with Crippen molar-refractivity contribution in [3.63, 3.8) is 0 Å². The number of hydrogen-bond donors (Lipinski definition) is 0. The molecule has 2 aliphatic rings. The van der Waals surface area contributed by atoms with Crippen LogP contribution in [-0.2, 0) is 43.7 Å². The summed E-state index contributed by atoms with van der Waals surface area (Å²) in [6.45, 7) is 7.36. The maximum atomic E-state index is 13.4. The molecule has 1 aromatic carbocycles. The van der Waals surface area contributed by atoms with E-state index in [0.29, 0.717) is 50.3 Å². The van der Waals surface area contributed by atoms with Crippen molar-refractivity contribution in [1.82, 2.24) is 8.87 Å². The second kappa shape index (κ2) is 9.28. The maximum absolute atomic E-state index is 13.4. The molecule has 0 atom stereocenters. The van der Waals surface area contributed by atoms with E-state index >= 15 is 0 Å². The average molecular weight is 489 g/mol. The van der Waals surface area contributed by atoms with Gasteiger partial charge in [0, 0.05) is 42.9 Å². The molecule has 184 valence electrons. The lowest BCUT2D eigenvalue weighted by molar-refractivity contribution is -0.141. The number of methoxy groups -OCH3 is 1. The van der Waals surface area contributed by atoms with Crippen LogP contribution >= 0.6 is 0 Å². The van der Waals surface area contributed by atoms with Crippen LogP contribution in [-0.4, -0.2) is 62.5 Å². The van der Waals surface area contributed by atoms with Crippen LogP contribution < -0.4 is 0 Å². The standard InChI is InChI=1S/C25H32N2O6S/c1-17-19(24-20(27(17)16-23(29)32-4)14-25(2,3)15-21(24)28)13-18-7-5-6-8-22(18)34(30,31)26-9-11-33-12-10-26/h5-8H,9-16H2,1-4H3. The number of ketones is 1. The number of nitrogens with zero attached hydrogens (tertiary/aromatic N) is 2. The van der Waals surface area contributed by atoms with Crippen molar-refractivity contribution in [3.05, 3.63) is 52.3 Å². The van der Waals surface area contributed by atoms with Crippen LogP contribution in [0.2, 0.25) is 0 Å². The van der Waals surface area contributed by atoms with Gasteiger partial charge in [-0.05, 0) is 36.0 Å². The highest BCUT2D eigenvalue weighted by atomic mass is 32.2. The normalized spacial score (nSPS) is 18.5. The minimum Gasteiger partial charge on any atom is -0.468 e. The summed E-state index contributed by atoms with van der Waals surface area (Å²) in [6, 6.07) is 6.95. The lowest BCUT2D eigenvalue weighted by Gasteiger charge is -2.30. The third-order valence-corrected chi connectivity index (χ3v) is 8.76. The fraction of sp³-hybridized carbons (Fsp3) is 0.520. The molecule has 1 aromatic heterocycles. The summed E-state index contributed by atoms with van der Waals surface area (Å²) >= 11 is 0. The highest BCUT2D eigenvalue weighted by Gasteiger charge is 2.37. The zero-order valence-electron chi connectivity index (χ0n) is 20.2. The fourth-order valence-electron chi connectivity index (χ4n) is 5.05. The van der Waals surface area contributed by atoms with Crippen molar-refractivity contribution in [1.29, 1.82) is 0 Å². The molecule has 8 nitrogen and oxygen atoms in total. The topological polar surface area (TPSA) is 94.9 Å². The summed E-state index contributed by atoms with van der Waals surface area (Å²) in [6.07, 6.45) is 1.34. The molecule has 0 radical (unpaired) electrons. The number of benzene rings is 1. The van der Waals surface area contributed by atoms with Gasteiger partial charge < -0.3 is 14.0 Å². The third kappa shape index (κ3) is 4.56. The molecular formula is C25H32N2O6S. The number of rotatable bonds is 6. The Labute approximate surface area is 200 Å². The van der Waals surface area contributed by atoms with Gasteiger partial charge in [0.25, 0.3) is 0 Å². The largest absolute Gasteiger partial charge is 0.468 e. The van der Waals surface area contributed by atoms with Gasteiger partial charge in [-0.3, -0.25) is 9.59 Å². The van der Waals surface area contributed by atoms with Gasteiger partial charge in [-0.15, -0.1) is 0 Å². The van der Waals surface area contributed by atoms with Crippen LogP contribution in [0.5, 0.6) is 0 Å². The Morgan fingerprint density at radius 2 is 1.82 bits per heavy atom. The number of ether oxygens (including phenoxy) is 2. The zero-order chi connectivity index (χ0) is 24.7. The van der Waals surface area contributed by atoms with Crippen LogP contribution in [0, 0.1) is 12.3 Å². The van der Waals surface area contributed by atoms with E-state index in [9.17, 15) is 18.0 Å². The molecule has 1 aliphatic heterocycles. The summed E-state index contributed by atoms with van der Waals surface area (Å²) in [5.74, 6) is -0.361. The van der Waals surface area contributed by atoms with Gasteiger partial charge in [0.15, 0.2) is 5.78 Å². The first-order valence-corrected chi connectivity index (χ1v) is 13.0. The molecule has 0 amide bonds. The van der Waals surface area contributed by atoms with Gasteiger partial charge in [-0.1, -0.05) is 32.0 Å². The molecule has 2 aromatic rings. The molecule has 1 fully saturated rings. The lowest BCUT2D eigenvalue weighted by atomic mass is 9.75.